The number of carbonyl (C=O) groups excluding carboxylic acids is 2. The van der Waals surface area contributed by atoms with Gasteiger partial charge in [0.1, 0.15) is 11.5 Å². The Bertz CT molecular complexity index is 1700. The average molecular weight is 816 g/mol. The molecule has 2 aromatic rings. The zero-order valence-electron chi connectivity index (χ0n) is 36.0. The lowest BCUT2D eigenvalue weighted by atomic mass is 9.50. The van der Waals surface area contributed by atoms with Crippen molar-refractivity contribution >= 4 is 24.0 Å². The molecule has 6 atom stereocenters. The van der Waals surface area contributed by atoms with Gasteiger partial charge in [-0.3, -0.25) is 14.4 Å². The average Bonchev–Trinajstić information content (AvgIpc) is 3.19. The fourth-order valence-electron chi connectivity index (χ4n) is 11.7. The largest absolute Gasteiger partial charge is 0.481 e. The lowest BCUT2D eigenvalue weighted by Gasteiger charge is -2.53. The zero-order chi connectivity index (χ0) is 42.3. The number of amides is 1. The van der Waals surface area contributed by atoms with Gasteiger partial charge in [-0.05, 0) is 186 Å². The third-order valence-electron chi connectivity index (χ3n) is 15.1. The van der Waals surface area contributed by atoms with E-state index in [0.29, 0.717) is 43.7 Å². The predicted molar refractivity (Wildman–Crippen MR) is 228 cm³/mol. The first-order valence-electron chi connectivity index (χ1n) is 22.5. The maximum atomic E-state index is 12.7. The number of benzene rings is 2. The van der Waals surface area contributed by atoms with E-state index < -0.39 is 28.9 Å². The second kappa shape index (κ2) is 19.2. The first-order chi connectivity index (χ1) is 28.2. The number of fused-ring (bicyclic) bond motifs is 6. The van der Waals surface area contributed by atoms with Crippen molar-refractivity contribution in [2.24, 2.45) is 22.7 Å². The van der Waals surface area contributed by atoms with Crippen LogP contribution in [0.5, 0.6) is 11.5 Å². The van der Waals surface area contributed by atoms with Gasteiger partial charge in [-0.2, -0.15) is 0 Å². The third kappa shape index (κ3) is 9.83. The minimum absolute atomic E-state index is 0.0514. The molecule has 0 aromatic heterocycles. The highest BCUT2D eigenvalue weighted by molar-refractivity contribution is 5.76. The molecule has 0 saturated heterocycles. The summed E-state index contributed by atoms with van der Waals surface area (Å²) in [4.78, 5) is 49.9. The topological polar surface area (TPSA) is 163 Å². The molecular formula is C48H69N3O8. The van der Waals surface area contributed by atoms with Gasteiger partial charge in [-0.1, -0.05) is 51.7 Å². The van der Waals surface area contributed by atoms with Gasteiger partial charge in [0.15, 0.2) is 0 Å². The van der Waals surface area contributed by atoms with E-state index in [2.05, 4.69) is 35.9 Å². The molecule has 0 aliphatic heterocycles. The molecule has 2 saturated carbocycles. The lowest BCUT2D eigenvalue weighted by Crippen LogP contribution is -2.52. The lowest BCUT2D eigenvalue weighted by molar-refractivity contribution is -0.158. The van der Waals surface area contributed by atoms with E-state index in [4.69, 9.17) is 9.47 Å². The van der Waals surface area contributed by atoms with Crippen LogP contribution in [0.3, 0.4) is 0 Å². The van der Waals surface area contributed by atoms with Crippen LogP contribution in [0, 0.1) is 22.7 Å². The first-order valence-corrected chi connectivity index (χ1v) is 22.5. The highest BCUT2D eigenvalue weighted by Crippen LogP contribution is 2.59. The maximum absolute atomic E-state index is 12.7. The molecule has 0 unspecified atom stereocenters. The number of rotatable bonds is 19. The molecular weight excluding hydrogens is 747 g/mol. The third-order valence-corrected chi connectivity index (χ3v) is 15.1. The van der Waals surface area contributed by atoms with Gasteiger partial charge < -0.3 is 35.6 Å². The van der Waals surface area contributed by atoms with Gasteiger partial charge in [0.2, 0.25) is 0 Å². The molecule has 5 N–H and O–H groups in total. The number of carboxylic acid groups (broad SMARTS) is 2. The van der Waals surface area contributed by atoms with Crippen molar-refractivity contribution in [2.45, 2.75) is 148 Å². The second-order valence-corrected chi connectivity index (χ2v) is 19.0. The highest BCUT2D eigenvalue weighted by Gasteiger charge is 2.56. The van der Waals surface area contributed by atoms with Crippen molar-refractivity contribution in [3.63, 3.8) is 0 Å². The van der Waals surface area contributed by atoms with Gasteiger partial charge in [-0.25, -0.2) is 4.79 Å². The Morgan fingerprint density at radius 1 is 0.610 bits per heavy atom. The van der Waals surface area contributed by atoms with Crippen LogP contribution in [-0.2, 0) is 38.1 Å². The van der Waals surface area contributed by atoms with Crippen LogP contribution in [0.15, 0.2) is 36.4 Å². The summed E-state index contributed by atoms with van der Waals surface area (Å²) in [6.45, 7) is 12.2. The molecule has 6 rings (SSSR count). The van der Waals surface area contributed by atoms with Crippen LogP contribution < -0.4 is 25.4 Å². The summed E-state index contributed by atoms with van der Waals surface area (Å²) >= 11 is 0. The van der Waals surface area contributed by atoms with E-state index in [0.717, 1.165) is 121 Å². The quantitative estimate of drug-likeness (QED) is 0.0528. The summed E-state index contributed by atoms with van der Waals surface area (Å²) in [5, 5.41) is 29.9. The van der Waals surface area contributed by atoms with Crippen molar-refractivity contribution in [1.82, 2.24) is 16.0 Å². The number of unbranched alkanes of at least 4 members (excludes halogenated alkanes) is 3. The summed E-state index contributed by atoms with van der Waals surface area (Å²) in [6.07, 6.45) is 14.3. The van der Waals surface area contributed by atoms with Crippen LogP contribution in [0.25, 0.3) is 0 Å². The van der Waals surface area contributed by atoms with Crippen LogP contribution in [0.4, 0.5) is 4.79 Å². The van der Waals surface area contributed by atoms with Crippen molar-refractivity contribution in [3.8, 4) is 11.5 Å². The molecule has 2 aromatic carbocycles. The van der Waals surface area contributed by atoms with Gasteiger partial charge in [-0.15, -0.1) is 0 Å². The number of ether oxygens (including phenoxy) is 2. The molecule has 0 spiro atoms. The Kier molecular flexibility index (Phi) is 14.5. The Morgan fingerprint density at radius 2 is 1.08 bits per heavy atom. The molecule has 11 nitrogen and oxygen atoms in total. The first kappa shape index (κ1) is 44.6. The Balaban J connectivity index is 0.777. The van der Waals surface area contributed by atoms with Crippen molar-refractivity contribution < 1.29 is 38.9 Å². The molecule has 2 fully saturated rings. The van der Waals surface area contributed by atoms with E-state index in [1.54, 1.807) is 0 Å². The molecule has 0 heterocycles. The predicted octanol–water partition coefficient (Wildman–Crippen LogP) is 8.48. The van der Waals surface area contributed by atoms with Crippen molar-refractivity contribution in [3.05, 3.63) is 58.7 Å². The molecule has 1 amide bonds. The Hall–Kier alpha value is -3.96. The summed E-state index contributed by atoms with van der Waals surface area (Å²) in [6, 6.07) is 11.8. The number of hydrogen-bond donors (Lipinski definition) is 5. The molecule has 59 heavy (non-hydrogen) atoms. The van der Waals surface area contributed by atoms with Crippen molar-refractivity contribution in [1.29, 1.82) is 0 Å². The molecule has 0 bridgehead atoms. The minimum atomic E-state index is -0.740. The number of aryl methyl sites for hydroxylation is 2. The number of carbonyl (C=O) groups is 4. The Labute approximate surface area is 351 Å². The van der Waals surface area contributed by atoms with E-state index in [1.165, 1.54) is 11.1 Å². The van der Waals surface area contributed by atoms with Gasteiger partial charge in [0.25, 0.3) is 0 Å². The number of nitrogens with one attached hydrogen (secondary N) is 3. The van der Waals surface area contributed by atoms with E-state index in [-0.39, 0.29) is 28.6 Å². The fraction of sp³-hybridized carbons (Fsp3) is 0.667. The SMILES string of the molecule is C[C@@]12CCC[C@](C)(C(=O)O)[C@H]1CCc1ccc(OC(=O)CCCNCCCCCCNCCCNC(=O)Oc3ccc4c(c3)[C@@]3(C)CCC[C@](C)(C(=O)O)[C@@H]3CC4)cc12. The normalized spacial score (nSPS) is 28.3. The minimum Gasteiger partial charge on any atom is -0.481 e. The highest BCUT2D eigenvalue weighted by atomic mass is 16.6. The number of aliphatic carboxylic acids is 2. The standard InChI is InChI=1S/C48H69N3O8/c1-45-22-10-24-47(3,42(53)54)39(45)20-16-33-14-18-35(31-37(33)45)58-41(52)13-9-28-49-26-7-5-6-8-27-50-29-12-30-51-44(57)59-36-19-15-34-17-21-40-46(2,38(34)32-36)23-11-25-48(40,4)43(55)56/h14-15,18-19,31-32,39-40,49-50H,5-13,16-17,20-30H2,1-4H3,(H,51,57)(H,53,54)(H,55,56)/t39-,40+,45-,46+,47-,48-/m0/s1. The molecule has 11 heteroatoms. The van der Waals surface area contributed by atoms with Crippen molar-refractivity contribution in [2.75, 3.05) is 32.7 Å². The van der Waals surface area contributed by atoms with E-state index in [9.17, 15) is 29.4 Å². The molecule has 4 aliphatic carbocycles. The molecule has 4 aliphatic rings. The van der Waals surface area contributed by atoms with E-state index in [1.807, 2.05) is 44.2 Å². The number of esters is 1. The number of hydrogen-bond acceptors (Lipinski definition) is 8. The Morgan fingerprint density at radius 3 is 1.59 bits per heavy atom. The fourth-order valence-corrected chi connectivity index (χ4v) is 11.7. The van der Waals surface area contributed by atoms with Crippen LogP contribution >= 0.6 is 0 Å². The maximum Gasteiger partial charge on any atom is 0.412 e. The smallest absolute Gasteiger partial charge is 0.412 e. The summed E-state index contributed by atoms with van der Waals surface area (Å²) in [7, 11) is 0. The molecule has 324 valence electrons. The monoisotopic (exact) mass is 816 g/mol. The van der Waals surface area contributed by atoms with Crippen LogP contribution in [0.2, 0.25) is 0 Å². The van der Waals surface area contributed by atoms with Crippen LogP contribution in [0.1, 0.15) is 146 Å². The van der Waals surface area contributed by atoms with Gasteiger partial charge in [0, 0.05) is 13.0 Å². The van der Waals surface area contributed by atoms with Gasteiger partial charge in [0.05, 0.1) is 10.8 Å². The zero-order valence-corrected chi connectivity index (χ0v) is 36.0. The summed E-state index contributed by atoms with van der Waals surface area (Å²) in [5.41, 5.74) is 2.80. The second-order valence-electron chi connectivity index (χ2n) is 19.0. The number of carboxylic acids is 2. The van der Waals surface area contributed by atoms with E-state index >= 15 is 0 Å². The summed E-state index contributed by atoms with van der Waals surface area (Å²) in [5.74, 6) is -0.475. The molecule has 0 radical (unpaired) electrons. The van der Waals surface area contributed by atoms with Gasteiger partial charge >= 0.3 is 24.0 Å². The van der Waals surface area contributed by atoms with Crippen LogP contribution in [-0.4, -0.2) is 66.9 Å². The summed E-state index contributed by atoms with van der Waals surface area (Å²) < 4.78 is 11.4.